The molecule has 2 saturated carbocycles. The molecule has 3 N–H and O–H groups in total. The van der Waals surface area contributed by atoms with Crippen molar-refractivity contribution in [2.24, 2.45) is 29.4 Å². The molecule has 4 atom stereocenters. The number of sulfonamides is 2. The molecule has 2 aromatic rings. The minimum absolute atomic E-state index is 0.0237. The molecule has 21 heteroatoms. The van der Waals surface area contributed by atoms with Gasteiger partial charge in [-0.05, 0) is 137 Å². The van der Waals surface area contributed by atoms with Crippen LogP contribution in [0.3, 0.4) is 0 Å². The predicted molar refractivity (Wildman–Crippen MR) is 270 cm³/mol. The molecule has 73 heavy (non-hydrogen) atoms. The molecule has 2 aromatic carbocycles. The number of halogens is 6. The van der Waals surface area contributed by atoms with Gasteiger partial charge in [-0.3, -0.25) is 9.59 Å². The number of nitrogens with one attached hydrogen (secondary N) is 1. The lowest BCUT2D eigenvalue weighted by Gasteiger charge is -2.40. The first-order valence-corrected chi connectivity index (χ1v) is 28.8. The molecule has 0 bridgehead atoms. The van der Waals surface area contributed by atoms with Gasteiger partial charge >= 0.3 is 12.4 Å². The molecule has 6 rings (SSSR count). The van der Waals surface area contributed by atoms with E-state index in [-0.39, 0.29) is 58.7 Å². The van der Waals surface area contributed by atoms with Crippen LogP contribution in [0.1, 0.15) is 144 Å². The van der Waals surface area contributed by atoms with E-state index in [1.54, 1.807) is 9.80 Å². The van der Waals surface area contributed by atoms with Gasteiger partial charge in [0.25, 0.3) is 0 Å². The summed E-state index contributed by atoms with van der Waals surface area (Å²) >= 11 is 0. The summed E-state index contributed by atoms with van der Waals surface area (Å²) in [6.45, 7) is 18.7. The second kappa shape index (κ2) is 26.9. The highest BCUT2D eigenvalue weighted by Gasteiger charge is 2.47. The van der Waals surface area contributed by atoms with Crippen LogP contribution in [-0.4, -0.2) is 122 Å². The molecular formula is C52H80F6N6O7S2. The van der Waals surface area contributed by atoms with Crippen LogP contribution in [0.15, 0.2) is 58.3 Å². The average molecular weight is 1080 g/mol. The second-order valence-electron chi connectivity index (χ2n) is 21.7. The van der Waals surface area contributed by atoms with Gasteiger partial charge in [-0.15, -0.1) is 0 Å². The van der Waals surface area contributed by atoms with Crippen molar-refractivity contribution in [3.8, 4) is 0 Å². The van der Waals surface area contributed by atoms with Gasteiger partial charge < -0.3 is 25.6 Å². The lowest BCUT2D eigenvalue weighted by Crippen LogP contribution is -2.56. The highest BCUT2D eigenvalue weighted by Crippen LogP contribution is 2.40. The molecular weight excluding hydrogens is 999 g/mol. The van der Waals surface area contributed by atoms with Gasteiger partial charge in [0, 0.05) is 56.8 Å². The number of piperidine rings is 2. The van der Waals surface area contributed by atoms with E-state index >= 15 is 0 Å². The zero-order valence-electron chi connectivity index (χ0n) is 43.8. The standard InChI is InChI=1S/C26H40F3N3O3S.C21H30F3N3O3S.C5H10O/c1-18(2)12-13-30-24(15-19(3)4)25(33)31-14-6-8-22(17-31)32(21-10-11-21)36(34,35)23-9-5-7-20(16-23)26(27,28)29;1-14(2)11-19(25)20(28)26-10-4-6-17(13-26)27(16-8-9-16)31(29,30)18-7-3-5-15(12-18)21(22,23)24;1-5(2)3-4-6/h5,7,9,16,18-19,21-22,24,30H,6,8,10-15,17H2,1-4H3;3,5,7,12,14,16-17,19H,4,6,8-11,13,25H2,1-2H3;4-5H,3H2,1-2H3/t22?,24-;17?,19-;/m00./s1. The summed E-state index contributed by atoms with van der Waals surface area (Å²) in [6, 6.07) is 5.42. The topological polar surface area (TPSA) is 170 Å². The molecule has 4 fully saturated rings. The molecule has 2 heterocycles. The van der Waals surface area contributed by atoms with Gasteiger partial charge in [-0.1, -0.05) is 67.5 Å². The third-order valence-corrected chi connectivity index (χ3v) is 17.2. The largest absolute Gasteiger partial charge is 0.416 e. The Hall–Kier alpha value is -3.63. The van der Waals surface area contributed by atoms with Crippen LogP contribution in [-0.2, 0) is 46.8 Å². The summed E-state index contributed by atoms with van der Waals surface area (Å²) in [5.41, 5.74) is 4.07. The summed E-state index contributed by atoms with van der Waals surface area (Å²) in [4.78, 5) is 38.5. The number of nitrogens with zero attached hydrogens (tertiary/aromatic N) is 4. The van der Waals surface area contributed by atoms with E-state index in [0.29, 0.717) is 114 Å². The van der Waals surface area contributed by atoms with Crippen LogP contribution in [0.25, 0.3) is 0 Å². The van der Waals surface area contributed by atoms with E-state index in [9.17, 15) is 57.6 Å². The van der Waals surface area contributed by atoms with Crippen molar-refractivity contribution in [3.05, 3.63) is 59.7 Å². The summed E-state index contributed by atoms with van der Waals surface area (Å²) in [5.74, 6) is 1.39. The first kappa shape index (κ1) is 61.9. The fourth-order valence-corrected chi connectivity index (χ4v) is 13.1. The lowest BCUT2D eigenvalue weighted by atomic mass is 9.99. The molecule has 4 aliphatic rings. The molecule has 2 saturated heterocycles. The van der Waals surface area contributed by atoms with Gasteiger partial charge in [0.05, 0.1) is 33.0 Å². The number of carbonyl (C=O) groups is 3. The molecule has 414 valence electrons. The molecule has 2 unspecified atom stereocenters. The number of amides is 2. The monoisotopic (exact) mass is 1080 g/mol. The molecule has 2 aliphatic heterocycles. The first-order valence-electron chi connectivity index (χ1n) is 25.9. The molecule has 2 amide bonds. The lowest BCUT2D eigenvalue weighted by molar-refractivity contribution is -0.138. The summed E-state index contributed by atoms with van der Waals surface area (Å²) < 4.78 is 136. The van der Waals surface area contributed by atoms with Crippen molar-refractivity contribution in [1.82, 2.24) is 23.7 Å². The van der Waals surface area contributed by atoms with Gasteiger partial charge in [0.2, 0.25) is 31.9 Å². The Morgan fingerprint density at radius 1 is 0.644 bits per heavy atom. The highest BCUT2D eigenvalue weighted by atomic mass is 32.2. The van der Waals surface area contributed by atoms with E-state index in [2.05, 4.69) is 33.0 Å². The maximum Gasteiger partial charge on any atom is 0.416 e. The van der Waals surface area contributed by atoms with Crippen LogP contribution < -0.4 is 11.1 Å². The first-order chi connectivity index (χ1) is 34.0. The van der Waals surface area contributed by atoms with Crippen molar-refractivity contribution < 1.29 is 57.6 Å². The Bertz CT molecular complexity index is 2330. The van der Waals surface area contributed by atoms with Crippen LogP contribution in [0, 0.1) is 23.7 Å². The van der Waals surface area contributed by atoms with E-state index in [1.807, 2.05) is 27.7 Å². The van der Waals surface area contributed by atoms with E-state index in [1.165, 1.54) is 20.7 Å². The number of likely N-dealkylation sites (tertiary alicyclic amines) is 2. The maximum atomic E-state index is 13.6. The van der Waals surface area contributed by atoms with E-state index in [0.717, 1.165) is 43.5 Å². The van der Waals surface area contributed by atoms with Crippen LogP contribution in [0.2, 0.25) is 0 Å². The zero-order chi connectivity index (χ0) is 54.6. The van der Waals surface area contributed by atoms with Gasteiger partial charge in [-0.2, -0.15) is 35.0 Å². The Balaban J connectivity index is 0.000000287. The minimum Gasteiger partial charge on any atom is -0.340 e. The summed E-state index contributed by atoms with van der Waals surface area (Å²) in [5, 5.41) is 3.41. The van der Waals surface area contributed by atoms with Crippen molar-refractivity contribution in [2.75, 3.05) is 32.7 Å². The number of carbonyl (C=O) groups excluding carboxylic acids is 3. The Morgan fingerprint density at radius 2 is 1.07 bits per heavy atom. The van der Waals surface area contributed by atoms with Crippen molar-refractivity contribution in [1.29, 1.82) is 0 Å². The van der Waals surface area contributed by atoms with E-state index in [4.69, 9.17) is 5.73 Å². The maximum absolute atomic E-state index is 13.6. The minimum atomic E-state index is -4.63. The molecule has 0 aromatic heterocycles. The Labute approximate surface area is 430 Å². The number of rotatable bonds is 20. The normalized spacial score (nSPS) is 20.0. The predicted octanol–water partition coefficient (Wildman–Crippen LogP) is 9.35. The second-order valence-corrected chi connectivity index (χ2v) is 25.4. The van der Waals surface area contributed by atoms with Crippen molar-refractivity contribution >= 4 is 38.1 Å². The number of alkyl halides is 6. The third kappa shape index (κ3) is 18.6. The SMILES string of the molecule is CC(C)CC=O.CC(C)CCN[C@@H](CC(C)C)C(=O)N1CCCC(N(C2CC2)S(=O)(=O)c2cccc(C(F)(F)F)c2)C1.CC(C)C[C@H](N)C(=O)N1CCCC(N(C2CC2)S(=O)(=O)c2cccc(C(F)(F)F)c2)C1. The van der Waals surface area contributed by atoms with Gasteiger partial charge in [0.1, 0.15) is 6.29 Å². The number of hydrogen-bond acceptors (Lipinski definition) is 9. The number of aldehydes is 1. The highest BCUT2D eigenvalue weighted by molar-refractivity contribution is 7.89. The summed E-state index contributed by atoms with van der Waals surface area (Å²) in [6.07, 6.45) is -0.359. The van der Waals surface area contributed by atoms with Crippen LogP contribution in [0.5, 0.6) is 0 Å². The van der Waals surface area contributed by atoms with Crippen molar-refractivity contribution in [2.45, 2.75) is 191 Å². The van der Waals surface area contributed by atoms with Gasteiger partial charge in [-0.25, -0.2) is 16.8 Å². The van der Waals surface area contributed by atoms with Gasteiger partial charge in [0.15, 0.2) is 0 Å². The fraction of sp³-hybridized carbons (Fsp3) is 0.712. The molecule has 2 aliphatic carbocycles. The number of hydrogen-bond donors (Lipinski definition) is 2. The van der Waals surface area contributed by atoms with Crippen LogP contribution in [0.4, 0.5) is 26.3 Å². The summed E-state index contributed by atoms with van der Waals surface area (Å²) in [7, 11) is -8.30. The third-order valence-electron chi connectivity index (χ3n) is 13.2. The molecule has 13 nitrogen and oxygen atoms in total. The Kier molecular flexibility index (Phi) is 22.8. The van der Waals surface area contributed by atoms with Crippen LogP contribution >= 0.6 is 0 Å². The zero-order valence-corrected chi connectivity index (χ0v) is 45.4. The number of benzene rings is 2. The smallest absolute Gasteiger partial charge is 0.340 e. The quantitative estimate of drug-likeness (QED) is 0.0969. The Morgan fingerprint density at radius 3 is 1.41 bits per heavy atom. The van der Waals surface area contributed by atoms with E-state index < -0.39 is 61.7 Å². The fourth-order valence-electron chi connectivity index (χ4n) is 9.22. The van der Waals surface area contributed by atoms with Crippen molar-refractivity contribution in [3.63, 3.8) is 0 Å². The number of nitrogens with two attached hydrogens (primary N) is 1. The average Bonchev–Trinajstić information content (AvgIpc) is 4.26. The molecule has 0 radical (unpaired) electrons. The molecule has 0 spiro atoms.